The summed E-state index contributed by atoms with van der Waals surface area (Å²) in [6, 6.07) is 5.73. The van der Waals surface area contributed by atoms with Gasteiger partial charge in [-0.25, -0.2) is 0 Å². The standard InChI is InChI=1S/C13H20BrN3O/c1-3-4-5-12(18)10-7-6-9(14)8-11(10)13(16-2)17-15/h6-8,12,18H,3-5,15H2,1-2H3,(H,16,17). The third-order valence-corrected chi connectivity index (χ3v) is 3.32. The average Bonchev–Trinajstić information content (AvgIpc) is 2.37. The van der Waals surface area contributed by atoms with Crippen molar-refractivity contribution < 1.29 is 5.11 Å². The molecule has 4 nitrogen and oxygen atoms in total. The third-order valence-electron chi connectivity index (χ3n) is 2.83. The first-order valence-electron chi connectivity index (χ1n) is 6.07. The maximum Gasteiger partial charge on any atom is 0.153 e. The van der Waals surface area contributed by atoms with Crippen LogP contribution in [0.2, 0.25) is 0 Å². The number of rotatable bonds is 5. The molecule has 100 valence electrons. The molecule has 1 atom stereocenters. The van der Waals surface area contributed by atoms with Gasteiger partial charge in [-0.1, -0.05) is 41.8 Å². The van der Waals surface area contributed by atoms with Crippen LogP contribution in [0.5, 0.6) is 0 Å². The molecule has 0 aliphatic heterocycles. The Morgan fingerprint density at radius 1 is 1.56 bits per heavy atom. The molecular formula is C13H20BrN3O. The van der Waals surface area contributed by atoms with E-state index in [1.54, 1.807) is 7.05 Å². The largest absolute Gasteiger partial charge is 0.388 e. The van der Waals surface area contributed by atoms with Crippen molar-refractivity contribution in [2.75, 3.05) is 7.05 Å². The Labute approximate surface area is 116 Å². The molecule has 0 bridgehead atoms. The number of hydrogen-bond acceptors (Lipinski definition) is 3. The van der Waals surface area contributed by atoms with Gasteiger partial charge in [0.05, 0.1) is 6.10 Å². The van der Waals surface area contributed by atoms with Gasteiger partial charge in [0.2, 0.25) is 0 Å². The van der Waals surface area contributed by atoms with E-state index in [4.69, 9.17) is 5.84 Å². The van der Waals surface area contributed by atoms with Crippen molar-refractivity contribution in [3.05, 3.63) is 33.8 Å². The van der Waals surface area contributed by atoms with Crippen LogP contribution >= 0.6 is 15.9 Å². The molecule has 4 N–H and O–H groups in total. The average molecular weight is 314 g/mol. The molecule has 0 saturated carbocycles. The lowest BCUT2D eigenvalue weighted by Crippen LogP contribution is -2.23. The molecule has 0 fully saturated rings. The van der Waals surface area contributed by atoms with E-state index in [1.807, 2.05) is 18.2 Å². The SMILES string of the molecule is CCCCC(O)c1ccc(Br)cc1/C(=N/N)NC. The Hall–Kier alpha value is -1.07. The van der Waals surface area contributed by atoms with E-state index >= 15 is 0 Å². The predicted octanol–water partition coefficient (Wildman–Crippen LogP) is 2.51. The second-order valence-electron chi connectivity index (χ2n) is 4.12. The van der Waals surface area contributed by atoms with Gasteiger partial charge >= 0.3 is 0 Å². The lowest BCUT2D eigenvalue weighted by atomic mass is 9.98. The Morgan fingerprint density at radius 2 is 2.28 bits per heavy atom. The lowest BCUT2D eigenvalue weighted by Gasteiger charge is -2.16. The summed E-state index contributed by atoms with van der Waals surface area (Å²) >= 11 is 3.42. The summed E-state index contributed by atoms with van der Waals surface area (Å²) in [6.45, 7) is 2.11. The van der Waals surface area contributed by atoms with Crippen LogP contribution in [-0.4, -0.2) is 18.0 Å². The first-order chi connectivity index (χ1) is 8.63. The third kappa shape index (κ3) is 3.71. The quantitative estimate of drug-likeness (QED) is 0.338. The molecule has 18 heavy (non-hydrogen) atoms. The van der Waals surface area contributed by atoms with Gasteiger partial charge < -0.3 is 16.3 Å². The highest BCUT2D eigenvalue weighted by molar-refractivity contribution is 9.10. The second kappa shape index (κ2) is 7.38. The van der Waals surface area contributed by atoms with Crippen LogP contribution in [0.1, 0.15) is 43.4 Å². The fourth-order valence-corrected chi connectivity index (χ4v) is 2.21. The molecule has 5 heteroatoms. The first kappa shape index (κ1) is 15.0. The second-order valence-corrected chi connectivity index (χ2v) is 5.03. The number of halogens is 1. The van der Waals surface area contributed by atoms with Crippen LogP contribution in [0.15, 0.2) is 27.8 Å². The highest BCUT2D eigenvalue weighted by Crippen LogP contribution is 2.26. The van der Waals surface area contributed by atoms with Gasteiger partial charge in [-0.05, 0) is 24.1 Å². The van der Waals surface area contributed by atoms with E-state index < -0.39 is 6.10 Å². The zero-order valence-electron chi connectivity index (χ0n) is 10.8. The molecule has 0 spiro atoms. The van der Waals surface area contributed by atoms with Gasteiger partial charge in [0.1, 0.15) is 0 Å². The zero-order chi connectivity index (χ0) is 13.5. The molecule has 0 aliphatic rings. The van der Waals surface area contributed by atoms with Gasteiger partial charge in [0.25, 0.3) is 0 Å². The number of unbranched alkanes of at least 4 members (excludes halogenated alkanes) is 1. The summed E-state index contributed by atoms with van der Waals surface area (Å²) in [6.07, 6.45) is 2.31. The minimum Gasteiger partial charge on any atom is -0.388 e. The topological polar surface area (TPSA) is 70.6 Å². The monoisotopic (exact) mass is 313 g/mol. The van der Waals surface area contributed by atoms with Gasteiger partial charge in [-0.15, -0.1) is 0 Å². The number of nitrogens with one attached hydrogen (secondary N) is 1. The summed E-state index contributed by atoms with van der Waals surface area (Å²) < 4.78 is 0.931. The van der Waals surface area contributed by atoms with Gasteiger partial charge in [-0.2, -0.15) is 5.10 Å². The smallest absolute Gasteiger partial charge is 0.153 e. The summed E-state index contributed by atoms with van der Waals surface area (Å²) in [5.74, 6) is 5.93. The van der Waals surface area contributed by atoms with Crippen molar-refractivity contribution in [1.82, 2.24) is 5.32 Å². The van der Waals surface area contributed by atoms with Crippen molar-refractivity contribution in [2.45, 2.75) is 32.3 Å². The highest BCUT2D eigenvalue weighted by Gasteiger charge is 2.15. The summed E-state index contributed by atoms with van der Waals surface area (Å²) in [7, 11) is 1.76. The molecule has 0 aliphatic carbocycles. The van der Waals surface area contributed by atoms with Crippen LogP contribution in [0.25, 0.3) is 0 Å². The zero-order valence-corrected chi connectivity index (χ0v) is 12.4. The molecule has 1 aromatic rings. The number of benzene rings is 1. The molecular weight excluding hydrogens is 294 g/mol. The molecule has 0 heterocycles. The molecule has 0 radical (unpaired) electrons. The van der Waals surface area contributed by atoms with Crippen molar-refractivity contribution in [1.29, 1.82) is 0 Å². The Morgan fingerprint density at radius 3 is 2.83 bits per heavy atom. The van der Waals surface area contributed by atoms with E-state index in [-0.39, 0.29) is 0 Å². The van der Waals surface area contributed by atoms with Gasteiger partial charge in [0.15, 0.2) is 5.84 Å². The van der Waals surface area contributed by atoms with Crippen LogP contribution < -0.4 is 11.2 Å². The number of aliphatic hydroxyl groups is 1. The van der Waals surface area contributed by atoms with Gasteiger partial charge in [-0.3, -0.25) is 0 Å². The maximum absolute atomic E-state index is 10.2. The molecule has 0 amide bonds. The summed E-state index contributed by atoms with van der Waals surface area (Å²) in [5, 5.41) is 16.9. The van der Waals surface area contributed by atoms with E-state index in [1.165, 1.54) is 0 Å². The van der Waals surface area contributed by atoms with Crippen LogP contribution in [-0.2, 0) is 0 Å². The number of amidine groups is 1. The van der Waals surface area contributed by atoms with Crippen molar-refractivity contribution in [3.8, 4) is 0 Å². The molecule has 1 aromatic carbocycles. The van der Waals surface area contributed by atoms with Crippen molar-refractivity contribution >= 4 is 21.8 Å². The maximum atomic E-state index is 10.2. The molecule has 0 aromatic heterocycles. The lowest BCUT2D eigenvalue weighted by molar-refractivity contribution is 0.164. The normalized spacial score (nSPS) is 13.4. The molecule has 0 saturated heterocycles. The molecule has 1 unspecified atom stereocenters. The van der Waals surface area contributed by atoms with Crippen LogP contribution in [0.3, 0.4) is 0 Å². The number of aliphatic hydroxyl groups excluding tert-OH is 1. The number of nitrogens with zero attached hydrogens (tertiary/aromatic N) is 1. The Balaban J connectivity index is 3.10. The van der Waals surface area contributed by atoms with E-state index in [2.05, 4.69) is 33.3 Å². The highest BCUT2D eigenvalue weighted by atomic mass is 79.9. The predicted molar refractivity (Wildman–Crippen MR) is 78.4 cm³/mol. The van der Waals surface area contributed by atoms with Crippen molar-refractivity contribution in [3.63, 3.8) is 0 Å². The van der Waals surface area contributed by atoms with E-state index in [0.29, 0.717) is 5.84 Å². The van der Waals surface area contributed by atoms with Crippen LogP contribution in [0, 0.1) is 0 Å². The first-order valence-corrected chi connectivity index (χ1v) is 6.86. The van der Waals surface area contributed by atoms with Crippen molar-refractivity contribution in [2.24, 2.45) is 10.9 Å². The fraction of sp³-hybridized carbons (Fsp3) is 0.462. The van der Waals surface area contributed by atoms with Crippen LogP contribution in [0.4, 0.5) is 0 Å². The Kier molecular flexibility index (Phi) is 6.15. The minimum atomic E-state index is -0.488. The fourth-order valence-electron chi connectivity index (χ4n) is 1.85. The van der Waals surface area contributed by atoms with Gasteiger partial charge in [0, 0.05) is 17.1 Å². The number of hydrazone groups is 1. The van der Waals surface area contributed by atoms with E-state index in [0.717, 1.165) is 34.9 Å². The summed E-state index contributed by atoms with van der Waals surface area (Å²) in [4.78, 5) is 0. The molecule has 1 rings (SSSR count). The Bertz CT molecular complexity index is 421. The number of hydrogen-bond donors (Lipinski definition) is 3. The summed E-state index contributed by atoms with van der Waals surface area (Å²) in [5.41, 5.74) is 1.68. The minimum absolute atomic E-state index is 0.488. The number of nitrogens with two attached hydrogens (primary N) is 1. The van der Waals surface area contributed by atoms with E-state index in [9.17, 15) is 5.11 Å².